The molecule has 1 saturated heterocycles. The molecule has 10 atom stereocenters. The molecular formula is C42H66N2O3. The average molecular weight is 647 g/mol. The lowest BCUT2D eigenvalue weighted by molar-refractivity contribution is -0.235. The molecule has 0 amide bonds. The minimum atomic E-state index is 0.236. The molecule has 7 rings (SSSR count). The summed E-state index contributed by atoms with van der Waals surface area (Å²) in [6.45, 7) is 25.4. The van der Waals surface area contributed by atoms with Crippen molar-refractivity contribution >= 4 is 6.47 Å². The number of hydrogen-bond donors (Lipinski definition) is 1. The van der Waals surface area contributed by atoms with E-state index in [-0.39, 0.29) is 5.41 Å². The van der Waals surface area contributed by atoms with Gasteiger partial charge in [-0.15, -0.1) is 0 Å². The van der Waals surface area contributed by atoms with Gasteiger partial charge in [-0.3, -0.25) is 9.69 Å². The lowest BCUT2D eigenvalue weighted by Crippen LogP contribution is -2.68. The van der Waals surface area contributed by atoms with E-state index in [2.05, 4.69) is 70.8 Å². The molecule has 5 heteroatoms. The minimum absolute atomic E-state index is 0.236. The van der Waals surface area contributed by atoms with Crippen LogP contribution in [0.5, 0.6) is 5.75 Å². The molecule has 1 N–H and O–H groups in total. The van der Waals surface area contributed by atoms with Crippen molar-refractivity contribution in [2.24, 2.45) is 57.2 Å². The van der Waals surface area contributed by atoms with Gasteiger partial charge >= 0.3 is 0 Å². The van der Waals surface area contributed by atoms with Crippen LogP contribution in [-0.2, 0) is 9.53 Å². The summed E-state index contributed by atoms with van der Waals surface area (Å²) >= 11 is 0. The molecule has 47 heavy (non-hydrogen) atoms. The topological polar surface area (TPSA) is 50.8 Å². The van der Waals surface area contributed by atoms with E-state index in [4.69, 9.17) is 9.47 Å². The molecule has 0 spiro atoms. The quantitative estimate of drug-likeness (QED) is 0.286. The summed E-state index contributed by atoms with van der Waals surface area (Å²) in [4.78, 5) is 13.5. The third-order valence-electron chi connectivity index (χ3n) is 16.8. The molecule has 5 nitrogen and oxygen atoms in total. The van der Waals surface area contributed by atoms with Gasteiger partial charge < -0.3 is 14.8 Å². The molecule has 262 valence electrons. The van der Waals surface area contributed by atoms with E-state index < -0.39 is 0 Å². The predicted molar refractivity (Wildman–Crippen MR) is 190 cm³/mol. The molecule has 0 radical (unpaired) electrons. The Morgan fingerprint density at radius 1 is 0.872 bits per heavy atom. The van der Waals surface area contributed by atoms with Crippen LogP contribution >= 0.6 is 0 Å². The second kappa shape index (κ2) is 12.4. The standard InChI is InChI=1S/C42H66N2O3/c1-29(2)32-14-19-42(43-22-23-44-24-26-46-27-25-44)21-20-40(6)34(37(32)42)12-13-36-39(5)17-15-33(30-8-10-31(11-9-30)47-28-45)38(3,4)35(39)16-18-41(36,40)7/h8-11,28-29,32-37,43H,12-27H2,1-7H3/t32-,33+,34+,35-,36+,37+,39-,40+,41+,42-/m0/s1. The van der Waals surface area contributed by atoms with Gasteiger partial charge in [0.1, 0.15) is 5.75 Å². The average Bonchev–Trinajstić information content (AvgIpc) is 3.42. The highest BCUT2D eigenvalue weighted by Crippen LogP contribution is 2.77. The number of ether oxygens (including phenoxy) is 2. The van der Waals surface area contributed by atoms with Crippen LogP contribution in [0, 0.1) is 57.2 Å². The normalized spacial score (nSPS) is 44.6. The van der Waals surface area contributed by atoms with Crippen molar-refractivity contribution in [3.63, 3.8) is 0 Å². The van der Waals surface area contributed by atoms with Gasteiger partial charge in [-0.2, -0.15) is 0 Å². The van der Waals surface area contributed by atoms with Gasteiger partial charge in [-0.1, -0.05) is 60.6 Å². The number of hydrogen-bond acceptors (Lipinski definition) is 5. The Kier molecular flexibility index (Phi) is 8.99. The molecule has 0 bridgehead atoms. The summed E-state index contributed by atoms with van der Waals surface area (Å²) in [5, 5.41) is 4.35. The first-order valence-corrected chi connectivity index (χ1v) is 19.6. The van der Waals surface area contributed by atoms with Crippen molar-refractivity contribution in [1.29, 1.82) is 0 Å². The lowest BCUT2D eigenvalue weighted by atomic mass is 9.32. The summed E-state index contributed by atoms with van der Waals surface area (Å²) in [6, 6.07) is 8.43. The first-order chi connectivity index (χ1) is 22.4. The number of carbonyl (C=O) groups excluding carboxylic acids is 1. The maximum absolute atomic E-state index is 10.9. The number of morpholine rings is 1. The Morgan fingerprint density at radius 3 is 2.32 bits per heavy atom. The van der Waals surface area contributed by atoms with Gasteiger partial charge in [0.25, 0.3) is 6.47 Å². The summed E-state index contributed by atoms with van der Waals surface area (Å²) in [5.74, 6) is 5.99. The molecular weight excluding hydrogens is 580 g/mol. The van der Waals surface area contributed by atoms with Crippen molar-refractivity contribution in [2.45, 2.75) is 124 Å². The zero-order valence-corrected chi connectivity index (χ0v) is 30.9. The van der Waals surface area contributed by atoms with E-state index in [0.29, 0.717) is 39.9 Å². The van der Waals surface area contributed by atoms with Crippen LogP contribution < -0.4 is 10.1 Å². The molecule has 0 unspecified atom stereocenters. The SMILES string of the molecule is CC(C)[C@@H]1CC[C@]2(NCCN3CCOCC3)CC[C@]3(C)[C@H](CC[C@@H]4[C@@]5(C)CC[C@H](c6ccc(OC=O)cc6)C(C)(C)[C@@H]5CC[C@]43C)[C@@H]12. The summed E-state index contributed by atoms with van der Waals surface area (Å²) in [7, 11) is 0. The zero-order chi connectivity index (χ0) is 33.2. The summed E-state index contributed by atoms with van der Waals surface area (Å²) < 4.78 is 10.8. The highest BCUT2D eigenvalue weighted by molar-refractivity contribution is 5.45. The van der Waals surface area contributed by atoms with Crippen LogP contribution in [-0.4, -0.2) is 56.3 Å². The number of nitrogens with zero attached hydrogens (tertiary/aromatic N) is 1. The van der Waals surface area contributed by atoms with Gasteiger partial charge in [-0.05, 0) is 145 Å². The molecule has 1 aromatic carbocycles. The largest absolute Gasteiger partial charge is 0.429 e. The van der Waals surface area contributed by atoms with Crippen LogP contribution in [0.15, 0.2) is 24.3 Å². The van der Waals surface area contributed by atoms with E-state index >= 15 is 0 Å². The predicted octanol–water partition coefficient (Wildman–Crippen LogP) is 8.72. The molecule has 5 aliphatic carbocycles. The van der Waals surface area contributed by atoms with Gasteiger partial charge in [0.15, 0.2) is 0 Å². The van der Waals surface area contributed by atoms with Gasteiger partial charge in [0, 0.05) is 31.7 Å². The number of rotatable bonds is 8. The van der Waals surface area contributed by atoms with Crippen LogP contribution in [0.3, 0.4) is 0 Å². The Hall–Kier alpha value is -1.43. The Labute approximate surface area is 286 Å². The Bertz CT molecular complexity index is 1270. The maximum atomic E-state index is 10.9. The van der Waals surface area contributed by atoms with Crippen molar-refractivity contribution in [3.8, 4) is 5.75 Å². The van der Waals surface area contributed by atoms with E-state index in [1.54, 1.807) is 0 Å². The lowest BCUT2D eigenvalue weighted by Gasteiger charge is -2.73. The minimum Gasteiger partial charge on any atom is -0.429 e. The van der Waals surface area contributed by atoms with Crippen LogP contribution in [0.2, 0.25) is 0 Å². The van der Waals surface area contributed by atoms with Gasteiger partial charge in [-0.25, -0.2) is 0 Å². The number of carbonyl (C=O) groups is 1. The van der Waals surface area contributed by atoms with Crippen LogP contribution in [0.1, 0.15) is 124 Å². The second-order valence-corrected chi connectivity index (χ2v) is 18.9. The molecule has 0 aromatic heterocycles. The summed E-state index contributed by atoms with van der Waals surface area (Å²) in [6.07, 6.45) is 13.8. The fourth-order valence-electron chi connectivity index (χ4n) is 14.4. The smallest absolute Gasteiger partial charge is 0.298 e. The maximum Gasteiger partial charge on any atom is 0.298 e. The van der Waals surface area contributed by atoms with Crippen molar-refractivity contribution in [2.75, 3.05) is 39.4 Å². The molecule has 6 aliphatic rings. The van der Waals surface area contributed by atoms with E-state index in [1.165, 1.54) is 76.3 Å². The van der Waals surface area contributed by atoms with Crippen LogP contribution in [0.25, 0.3) is 0 Å². The van der Waals surface area contributed by atoms with Crippen molar-refractivity contribution in [3.05, 3.63) is 29.8 Å². The third kappa shape index (κ3) is 5.29. The van der Waals surface area contributed by atoms with Crippen molar-refractivity contribution < 1.29 is 14.3 Å². The van der Waals surface area contributed by atoms with Crippen LogP contribution in [0.4, 0.5) is 0 Å². The zero-order valence-electron chi connectivity index (χ0n) is 30.9. The van der Waals surface area contributed by atoms with E-state index in [9.17, 15) is 4.79 Å². The fourth-order valence-corrected chi connectivity index (χ4v) is 14.4. The Balaban J connectivity index is 1.14. The molecule has 6 fully saturated rings. The molecule has 1 aliphatic heterocycles. The highest BCUT2D eigenvalue weighted by Gasteiger charge is 2.70. The number of nitrogens with one attached hydrogen (secondary N) is 1. The third-order valence-corrected chi connectivity index (χ3v) is 16.8. The first-order valence-electron chi connectivity index (χ1n) is 19.6. The number of fused-ring (bicyclic) bond motifs is 7. The highest BCUT2D eigenvalue weighted by atomic mass is 16.5. The molecule has 1 aromatic rings. The molecule has 5 saturated carbocycles. The monoisotopic (exact) mass is 647 g/mol. The van der Waals surface area contributed by atoms with Gasteiger partial charge in [0.2, 0.25) is 0 Å². The fraction of sp³-hybridized carbons (Fsp3) is 0.833. The van der Waals surface area contributed by atoms with Gasteiger partial charge in [0.05, 0.1) is 13.2 Å². The second-order valence-electron chi connectivity index (χ2n) is 18.9. The molecule has 1 heterocycles. The number of benzene rings is 1. The first kappa shape index (κ1) is 34.0. The van der Waals surface area contributed by atoms with E-state index in [0.717, 1.165) is 68.4 Å². The van der Waals surface area contributed by atoms with Crippen molar-refractivity contribution in [1.82, 2.24) is 10.2 Å². The Morgan fingerprint density at radius 2 is 1.62 bits per heavy atom. The van der Waals surface area contributed by atoms with E-state index in [1.807, 2.05) is 12.1 Å². The summed E-state index contributed by atoms with van der Waals surface area (Å²) in [5.41, 5.74) is 3.20.